The van der Waals surface area contributed by atoms with Crippen LogP contribution in [0.25, 0.3) is 0 Å². The molecule has 35 heavy (non-hydrogen) atoms. The molecule has 3 N–H and O–H groups in total. The summed E-state index contributed by atoms with van der Waals surface area (Å²) in [6.45, 7) is 3.68. The van der Waals surface area contributed by atoms with Crippen LogP contribution in [-0.2, 0) is 15.0 Å². The normalized spacial score (nSPS) is 17.6. The van der Waals surface area contributed by atoms with E-state index in [1.807, 2.05) is 6.92 Å². The first kappa shape index (κ1) is 24.3. The molecule has 1 unspecified atom stereocenters. The fourth-order valence-electron chi connectivity index (χ4n) is 4.21. The van der Waals surface area contributed by atoms with Gasteiger partial charge in [-0.05, 0) is 67.3 Å². The third kappa shape index (κ3) is 5.00. The van der Waals surface area contributed by atoms with Crippen LogP contribution in [0.4, 0.5) is 15.1 Å². The van der Waals surface area contributed by atoms with E-state index in [1.54, 1.807) is 37.3 Å². The SMILES string of the molecule is CCC1(c2ccc(NC(=O)c3sc(NC(=O)c4cccc(F)c4)cc3C)cc2)CCC(=O)NC1=O. The zero-order valence-electron chi connectivity index (χ0n) is 19.2. The molecule has 0 spiro atoms. The molecule has 1 fully saturated rings. The first-order valence-corrected chi connectivity index (χ1v) is 12.0. The van der Waals surface area contributed by atoms with Gasteiger partial charge in [0.15, 0.2) is 0 Å². The molecular formula is C26H24FN3O4S. The average molecular weight is 494 g/mol. The van der Waals surface area contributed by atoms with Crippen molar-refractivity contribution in [1.82, 2.24) is 5.32 Å². The number of piperidine rings is 1. The van der Waals surface area contributed by atoms with Crippen LogP contribution in [0.15, 0.2) is 54.6 Å². The van der Waals surface area contributed by atoms with E-state index in [9.17, 15) is 23.6 Å². The van der Waals surface area contributed by atoms with E-state index in [1.165, 1.54) is 18.2 Å². The van der Waals surface area contributed by atoms with E-state index in [0.717, 1.165) is 23.0 Å². The lowest BCUT2D eigenvalue weighted by Gasteiger charge is -2.35. The van der Waals surface area contributed by atoms with Gasteiger partial charge in [-0.3, -0.25) is 24.5 Å². The molecular weight excluding hydrogens is 469 g/mol. The van der Waals surface area contributed by atoms with Crippen molar-refractivity contribution in [3.05, 3.63) is 82.0 Å². The van der Waals surface area contributed by atoms with Gasteiger partial charge in [-0.25, -0.2) is 4.39 Å². The van der Waals surface area contributed by atoms with E-state index in [-0.39, 0.29) is 29.7 Å². The van der Waals surface area contributed by atoms with Crippen LogP contribution in [0.1, 0.15) is 57.3 Å². The van der Waals surface area contributed by atoms with E-state index in [4.69, 9.17) is 0 Å². The van der Waals surface area contributed by atoms with Gasteiger partial charge in [0.1, 0.15) is 5.82 Å². The highest BCUT2D eigenvalue weighted by molar-refractivity contribution is 7.18. The summed E-state index contributed by atoms with van der Waals surface area (Å²) in [6, 6.07) is 14.1. The van der Waals surface area contributed by atoms with Crippen molar-refractivity contribution >= 4 is 45.7 Å². The fourth-order valence-corrected chi connectivity index (χ4v) is 5.17. The van der Waals surface area contributed by atoms with Gasteiger partial charge >= 0.3 is 0 Å². The van der Waals surface area contributed by atoms with E-state index < -0.39 is 17.1 Å². The second-order valence-electron chi connectivity index (χ2n) is 8.43. The first-order valence-electron chi connectivity index (χ1n) is 11.2. The minimum Gasteiger partial charge on any atom is -0.321 e. The van der Waals surface area contributed by atoms with E-state index in [0.29, 0.717) is 34.0 Å². The number of halogens is 1. The number of hydrogen-bond donors (Lipinski definition) is 3. The lowest BCUT2D eigenvalue weighted by Crippen LogP contribution is -2.51. The molecule has 180 valence electrons. The standard InChI is InChI=1S/C26H24FN3O4S/c1-3-26(12-11-20(31)29-25(26)34)17-7-9-19(10-8-17)28-24(33)22-15(2)13-21(35-22)30-23(32)16-5-4-6-18(27)14-16/h4-10,13-14H,3,11-12H2,1-2H3,(H,28,33)(H,30,32)(H,29,31,34). The van der Waals surface area contributed by atoms with Gasteiger partial charge in [-0.2, -0.15) is 0 Å². The maximum absolute atomic E-state index is 13.4. The third-order valence-electron chi connectivity index (χ3n) is 6.21. The van der Waals surface area contributed by atoms with Crippen LogP contribution in [0.5, 0.6) is 0 Å². The maximum atomic E-state index is 13.4. The zero-order valence-corrected chi connectivity index (χ0v) is 20.1. The number of hydrogen-bond acceptors (Lipinski definition) is 5. The van der Waals surface area contributed by atoms with Crippen LogP contribution >= 0.6 is 11.3 Å². The smallest absolute Gasteiger partial charge is 0.266 e. The molecule has 4 amide bonds. The minimum absolute atomic E-state index is 0.183. The van der Waals surface area contributed by atoms with Crippen molar-refractivity contribution < 1.29 is 23.6 Å². The molecule has 7 nitrogen and oxygen atoms in total. The Morgan fingerprint density at radius 2 is 1.80 bits per heavy atom. The van der Waals surface area contributed by atoms with Gasteiger partial charge in [-0.1, -0.05) is 25.1 Å². The van der Waals surface area contributed by atoms with E-state index >= 15 is 0 Å². The number of benzene rings is 2. The maximum Gasteiger partial charge on any atom is 0.266 e. The highest BCUT2D eigenvalue weighted by Crippen LogP contribution is 2.36. The Hall–Kier alpha value is -3.85. The number of rotatable bonds is 6. The Morgan fingerprint density at radius 1 is 1.06 bits per heavy atom. The number of thiophene rings is 1. The number of carbonyl (C=O) groups excluding carboxylic acids is 4. The number of carbonyl (C=O) groups is 4. The molecule has 2 aromatic carbocycles. The lowest BCUT2D eigenvalue weighted by atomic mass is 9.72. The summed E-state index contributed by atoms with van der Waals surface area (Å²) >= 11 is 1.12. The van der Waals surface area contributed by atoms with Gasteiger partial charge in [0.05, 0.1) is 15.3 Å². The highest BCUT2D eigenvalue weighted by atomic mass is 32.1. The molecule has 3 aromatic rings. The van der Waals surface area contributed by atoms with Gasteiger partial charge in [0.25, 0.3) is 11.8 Å². The molecule has 1 atom stereocenters. The average Bonchev–Trinajstić information content (AvgIpc) is 3.20. The highest BCUT2D eigenvalue weighted by Gasteiger charge is 2.42. The largest absolute Gasteiger partial charge is 0.321 e. The second kappa shape index (κ2) is 9.79. The van der Waals surface area contributed by atoms with Crippen LogP contribution in [0, 0.1) is 12.7 Å². The Bertz CT molecular complexity index is 1320. The summed E-state index contributed by atoms with van der Waals surface area (Å²) < 4.78 is 13.4. The van der Waals surface area contributed by atoms with Crippen LogP contribution in [-0.4, -0.2) is 23.6 Å². The summed E-state index contributed by atoms with van der Waals surface area (Å²) in [7, 11) is 0. The van der Waals surface area contributed by atoms with Crippen molar-refractivity contribution in [2.45, 2.75) is 38.5 Å². The molecule has 0 saturated carbocycles. The summed E-state index contributed by atoms with van der Waals surface area (Å²) in [4.78, 5) is 49.8. The number of aryl methyl sites for hydroxylation is 1. The quantitative estimate of drug-likeness (QED) is 0.430. The zero-order chi connectivity index (χ0) is 25.2. The molecule has 0 aliphatic carbocycles. The van der Waals surface area contributed by atoms with Gasteiger partial charge in [-0.15, -0.1) is 11.3 Å². The molecule has 1 aliphatic heterocycles. The molecule has 1 aromatic heterocycles. The van der Waals surface area contributed by atoms with Gasteiger partial charge in [0, 0.05) is 17.7 Å². The van der Waals surface area contributed by atoms with Crippen LogP contribution in [0.3, 0.4) is 0 Å². The molecule has 9 heteroatoms. The number of amides is 4. The summed E-state index contributed by atoms with van der Waals surface area (Å²) in [5.74, 6) is -1.87. The second-order valence-corrected chi connectivity index (χ2v) is 9.48. The Kier molecular flexibility index (Phi) is 6.79. The predicted octanol–water partition coefficient (Wildman–Crippen LogP) is 4.78. The Labute approximate surface area is 205 Å². The molecule has 4 rings (SSSR count). The van der Waals surface area contributed by atoms with Crippen LogP contribution in [0.2, 0.25) is 0 Å². The van der Waals surface area contributed by atoms with E-state index in [2.05, 4.69) is 16.0 Å². The van der Waals surface area contributed by atoms with Gasteiger partial charge in [0.2, 0.25) is 11.8 Å². The lowest BCUT2D eigenvalue weighted by molar-refractivity contribution is -0.138. The number of anilines is 2. The van der Waals surface area contributed by atoms with Crippen molar-refractivity contribution in [1.29, 1.82) is 0 Å². The Morgan fingerprint density at radius 3 is 2.46 bits per heavy atom. The van der Waals surface area contributed by atoms with Crippen molar-refractivity contribution in [3.8, 4) is 0 Å². The van der Waals surface area contributed by atoms with Crippen LogP contribution < -0.4 is 16.0 Å². The number of nitrogens with one attached hydrogen (secondary N) is 3. The number of imide groups is 1. The fraction of sp³-hybridized carbons (Fsp3) is 0.231. The minimum atomic E-state index is -0.768. The topological polar surface area (TPSA) is 104 Å². The molecule has 1 saturated heterocycles. The summed E-state index contributed by atoms with van der Waals surface area (Å²) in [5.41, 5.74) is 1.44. The summed E-state index contributed by atoms with van der Waals surface area (Å²) in [6.07, 6.45) is 1.28. The summed E-state index contributed by atoms with van der Waals surface area (Å²) in [5, 5.41) is 8.44. The monoisotopic (exact) mass is 493 g/mol. The molecule has 0 bridgehead atoms. The van der Waals surface area contributed by atoms with Crippen molar-refractivity contribution in [3.63, 3.8) is 0 Å². The molecule has 0 radical (unpaired) electrons. The predicted molar refractivity (Wildman–Crippen MR) is 132 cm³/mol. The van der Waals surface area contributed by atoms with Gasteiger partial charge < -0.3 is 10.6 Å². The third-order valence-corrected chi connectivity index (χ3v) is 7.36. The first-order chi connectivity index (χ1) is 16.7. The van der Waals surface area contributed by atoms with Crippen molar-refractivity contribution in [2.75, 3.05) is 10.6 Å². The molecule has 2 heterocycles. The Balaban J connectivity index is 1.45. The molecule has 1 aliphatic rings. The van der Waals surface area contributed by atoms with Crippen molar-refractivity contribution in [2.24, 2.45) is 0 Å².